The number of unbranched alkanes of at least 4 members (excludes halogenated alkanes) is 8. The van der Waals surface area contributed by atoms with Crippen molar-refractivity contribution < 1.29 is 19.1 Å². The zero-order valence-electron chi connectivity index (χ0n) is 23.5. The van der Waals surface area contributed by atoms with Crippen molar-refractivity contribution in [2.24, 2.45) is 0 Å². The summed E-state index contributed by atoms with van der Waals surface area (Å²) >= 11 is 0. The Bertz CT molecular complexity index is 1120. The second-order valence-electron chi connectivity index (χ2n) is 10.0. The molecule has 5 heteroatoms. The SMILES string of the molecule is CCCCCCCCCc1ccc(C(=O)Nc2ccc(C(=O)Oc3ccc(OCCCCC)cc3)cc2)cc1. The molecular formula is C34H43NO4. The van der Waals surface area contributed by atoms with Crippen LogP contribution in [0, 0.1) is 0 Å². The molecule has 0 aromatic heterocycles. The Morgan fingerprint density at radius 2 is 1.18 bits per heavy atom. The van der Waals surface area contributed by atoms with Crippen molar-refractivity contribution in [3.05, 3.63) is 89.5 Å². The third-order valence-corrected chi connectivity index (χ3v) is 6.71. The Balaban J connectivity index is 1.41. The van der Waals surface area contributed by atoms with E-state index < -0.39 is 5.97 Å². The number of rotatable bonds is 17. The van der Waals surface area contributed by atoms with Gasteiger partial charge in [0.25, 0.3) is 5.91 Å². The summed E-state index contributed by atoms with van der Waals surface area (Å²) < 4.78 is 11.2. The maximum Gasteiger partial charge on any atom is 0.343 e. The maximum absolute atomic E-state index is 12.7. The zero-order valence-corrected chi connectivity index (χ0v) is 23.5. The van der Waals surface area contributed by atoms with Gasteiger partial charge in [-0.1, -0.05) is 77.3 Å². The molecule has 0 aliphatic carbocycles. The minimum absolute atomic E-state index is 0.176. The lowest BCUT2D eigenvalue weighted by Gasteiger charge is -2.09. The topological polar surface area (TPSA) is 64.6 Å². The fourth-order valence-corrected chi connectivity index (χ4v) is 4.31. The molecule has 0 fully saturated rings. The summed E-state index contributed by atoms with van der Waals surface area (Å²) in [7, 11) is 0. The highest BCUT2D eigenvalue weighted by Crippen LogP contribution is 2.20. The molecule has 0 saturated carbocycles. The number of nitrogens with one attached hydrogen (secondary N) is 1. The van der Waals surface area contributed by atoms with Crippen LogP contribution in [0.15, 0.2) is 72.8 Å². The lowest BCUT2D eigenvalue weighted by Crippen LogP contribution is -2.12. The van der Waals surface area contributed by atoms with E-state index in [0.717, 1.165) is 31.4 Å². The van der Waals surface area contributed by atoms with Crippen molar-refractivity contribution in [3.63, 3.8) is 0 Å². The summed E-state index contributed by atoms with van der Waals surface area (Å²) in [6.07, 6.45) is 13.4. The van der Waals surface area contributed by atoms with Crippen LogP contribution in [0.2, 0.25) is 0 Å². The van der Waals surface area contributed by atoms with Gasteiger partial charge in [0.15, 0.2) is 0 Å². The van der Waals surface area contributed by atoms with Crippen LogP contribution in [0.4, 0.5) is 5.69 Å². The number of anilines is 1. The molecule has 0 aliphatic heterocycles. The van der Waals surface area contributed by atoms with Gasteiger partial charge in [0.05, 0.1) is 12.2 Å². The molecule has 0 bridgehead atoms. The van der Waals surface area contributed by atoms with Gasteiger partial charge in [-0.05, 0) is 85.5 Å². The van der Waals surface area contributed by atoms with Crippen molar-refractivity contribution >= 4 is 17.6 Å². The van der Waals surface area contributed by atoms with Crippen molar-refractivity contribution in [1.29, 1.82) is 0 Å². The van der Waals surface area contributed by atoms with Crippen molar-refractivity contribution in [3.8, 4) is 11.5 Å². The molecule has 0 heterocycles. The van der Waals surface area contributed by atoms with Crippen LogP contribution >= 0.6 is 0 Å². The second-order valence-corrected chi connectivity index (χ2v) is 10.0. The Kier molecular flexibility index (Phi) is 13.1. The quantitative estimate of drug-likeness (QED) is 0.108. The molecule has 0 saturated heterocycles. The van der Waals surface area contributed by atoms with Gasteiger partial charge in [0.1, 0.15) is 11.5 Å². The molecule has 3 aromatic carbocycles. The normalized spacial score (nSPS) is 10.7. The van der Waals surface area contributed by atoms with Crippen LogP contribution in [-0.2, 0) is 6.42 Å². The third kappa shape index (κ3) is 11.0. The van der Waals surface area contributed by atoms with Crippen LogP contribution in [0.1, 0.15) is 104 Å². The van der Waals surface area contributed by atoms with Crippen LogP contribution in [0.25, 0.3) is 0 Å². The first-order valence-corrected chi connectivity index (χ1v) is 14.5. The molecule has 5 nitrogen and oxygen atoms in total. The lowest BCUT2D eigenvalue weighted by molar-refractivity contribution is 0.0734. The first-order valence-electron chi connectivity index (χ1n) is 14.5. The third-order valence-electron chi connectivity index (χ3n) is 6.71. The minimum atomic E-state index is -0.457. The molecule has 1 N–H and O–H groups in total. The molecule has 39 heavy (non-hydrogen) atoms. The number of hydrogen-bond acceptors (Lipinski definition) is 4. The Labute approximate surface area is 233 Å². The minimum Gasteiger partial charge on any atom is -0.494 e. The molecule has 0 aliphatic rings. The molecule has 3 aromatic rings. The summed E-state index contributed by atoms with van der Waals surface area (Å²) in [5, 5.41) is 2.90. The van der Waals surface area contributed by atoms with Crippen molar-refractivity contribution in [1.82, 2.24) is 0 Å². The van der Waals surface area contributed by atoms with Crippen LogP contribution in [0.5, 0.6) is 11.5 Å². The van der Waals surface area contributed by atoms with E-state index in [9.17, 15) is 9.59 Å². The number of esters is 1. The smallest absolute Gasteiger partial charge is 0.343 e. The molecular weight excluding hydrogens is 486 g/mol. The number of amides is 1. The number of carbonyl (C=O) groups excluding carboxylic acids is 2. The Hall–Kier alpha value is -3.60. The molecule has 208 valence electrons. The average molecular weight is 530 g/mol. The van der Waals surface area contributed by atoms with Gasteiger partial charge in [-0.3, -0.25) is 4.79 Å². The summed E-state index contributed by atoms with van der Waals surface area (Å²) in [6, 6.07) is 21.6. The van der Waals surface area contributed by atoms with E-state index >= 15 is 0 Å². The first kappa shape index (κ1) is 29.9. The number of carbonyl (C=O) groups is 2. The standard InChI is InChI=1S/C34H43NO4/c1-3-5-7-8-9-10-11-13-27-14-16-28(17-15-27)33(36)35-30-20-18-29(19-21-30)34(37)39-32-24-22-31(23-25-32)38-26-12-6-4-2/h14-25H,3-13,26H2,1-2H3,(H,35,36). The van der Waals surface area contributed by atoms with Crippen LogP contribution in [-0.4, -0.2) is 18.5 Å². The van der Waals surface area contributed by atoms with Gasteiger partial charge in [-0.2, -0.15) is 0 Å². The van der Waals surface area contributed by atoms with Crippen molar-refractivity contribution in [2.45, 2.75) is 84.5 Å². The van der Waals surface area contributed by atoms with E-state index in [2.05, 4.69) is 19.2 Å². The highest BCUT2D eigenvalue weighted by molar-refractivity contribution is 6.04. The highest BCUT2D eigenvalue weighted by atomic mass is 16.5. The van der Waals surface area contributed by atoms with E-state index in [1.54, 1.807) is 48.5 Å². The monoisotopic (exact) mass is 529 g/mol. The highest BCUT2D eigenvalue weighted by Gasteiger charge is 2.11. The number of aryl methyl sites for hydroxylation is 1. The molecule has 3 rings (SSSR count). The first-order chi connectivity index (χ1) is 19.1. The van der Waals surface area contributed by atoms with E-state index in [-0.39, 0.29) is 5.91 Å². The van der Waals surface area contributed by atoms with Gasteiger partial charge in [-0.15, -0.1) is 0 Å². The van der Waals surface area contributed by atoms with Gasteiger partial charge in [0.2, 0.25) is 0 Å². The summed E-state index contributed by atoms with van der Waals surface area (Å²) in [5.41, 5.74) is 2.90. The summed E-state index contributed by atoms with van der Waals surface area (Å²) in [5.74, 6) is 0.577. The zero-order chi connectivity index (χ0) is 27.7. The number of benzene rings is 3. The fraction of sp³-hybridized carbons (Fsp3) is 0.412. The fourth-order valence-electron chi connectivity index (χ4n) is 4.31. The largest absolute Gasteiger partial charge is 0.494 e. The van der Waals surface area contributed by atoms with E-state index in [1.165, 1.54) is 50.5 Å². The average Bonchev–Trinajstić information content (AvgIpc) is 2.96. The van der Waals surface area contributed by atoms with Crippen LogP contribution < -0.4 is 14.8 Å². The maximum atomic E-state index is 12.7. The van der Waals surface area contributed by atoms with E-state index in [1.807, 2.05) is 24.3 Å². The Morgan fingerprint density at radius 1 is 0.615 bits per heavy atom. The van der Waals surface area contributed by atoms with Gasteiger partial charge in [0, 0.05) is 11.3 Å². The van der Waals surface area contributed by atoms with Gasteiger partial charge in [-0.25, -0.2) is 4.79 Å². The van der Waals surface area contributed by atoms with Gasteiger partial charge < -0.3 is 14.8 Å². The second kappa shape index (κ2) is 17.1. The molecule has 0 unspecified atom stereocenters. The predicted octanol–water partition coefficient (Wildman–Crippen LogP) is 9.02. The number of ether oxygens (including phenoxy) is 2. The molecule has 0 spiro atoms. The van der Waals surface area contributed by atoms with Crippen molar-refractivity contribution in [2.75, 3.05) is 11.9 Å². The molecule has 0 radical (unpaired) electrons. The Morgan fingerprint density at radius 3 is 1.85 bits per heavy atom. The summed E-state index contributed by atoms with van der Waals surface area (Å²) in [4.78, 5) is 25.2. The predicted molar refractivity (Wildman–Crippen MR) is 159 cm³/mol. The number of hydrogen-bond donors (Lipinski definition) is 1. The van der Waals surface area contributed by atoms with E-state index in [0.29, 0.717) is 29.2 Å². The van der Waals surface area contributed by atoms with E-state index in [4.69, 9.17) is 9.47 Å². The molecule has 0 atom stereocenters. The van der Waals surface area contributed by atoms with Gasteiger partial charge >= 0.3 is 5.97 Å². The summed E-state index contributed by atoms with van der Waals surface area (Å²) in [6.45, 7) is 5.08. The molecule has 1 amide bonds. The van der Waals surface area contributed by atoms with Crippen LogP contribution in [0.3, 0.4) is 0 Å². The lowest BCUT2D eigenvalue weighted by atomic mass is 10.0.